The van der Waals surface area contributed by atoms with Gasteiger partial charge in [-0.15, -0.1) is 0 Å². The summed E-state index contributed by atoms with van der Waals surface area (Å²) in [6.07, 6.45) is 33.4. The predicted molar refractivity (Wildman–Crippen MR) is 173 cm³/mol. The van der Waals surface area contributed by atoms with Crippen molar-refractivity contribution in [3.63, 3.8) is 0 Å². The number of hydrogen-bond acceptors (Lipinski definition) is 4. The molecule has 0 aliphatic heterocycles. The van der Waals surface area contributed by atoms with Gasteiger partial charge >= 0.3 is 11.9 Å². The SMILES string of the molecule is Cc1cc(OC(=O)CCCCCCCCCCCC2(CCCCCCCCCCCC(=O)O)CCCCC2)ccc1O. The minimum absolute atomic E-state index is 0.186. The maximum Gasteiger partial charge on any atom is 0.311 e. The second kappa shape index (κ2) is 22.5. The Morgan fingerprint density at radius 2 is 1.12 bits per heavy atom. The number of esters is 1. The topological polar surface area (TPSA) is 83.8 Å². The fourth-order valence-electron chi connectivity index (χ4n) is 6.82. The molecule has 0 aromatic heterocycles. The number of aliphatic carboxylic acids is 1. The number of carboxylic acids is 1. The van der Waals surface area contributed by atoms with Gasteiger partial charge in [0.25, 0.3) is 0 Å². The summed E-state index contributed by atoms with van der Waals surface area (Å²) in [5.41, 5.74) is 1.36. The van der Waals surface area contributed by atoms with E-state index in [1.165, 1.54) is 135 Å². The molecule has 5 nitrogen and oxygen atoms in total. The largest absolute Gasteiger partial charge is 0.508 e. The number of aryl methyl sites for hydroxylation is 1. The second-order valence-corrected chi connectivity index (χ2v) is 13.2. The summed E-state index contributed by atoms with van der Waals surface area (Å²) in [5, 5.41) is 18.3. The van der Waals surface area contributed by atoms with Crippen molar-refractivity contribution < 1.29 is 24.5 Å². The van der Waals surface area contributed by atoms with Gasteiger partial charge in [0.1, 0.15) is 11.5 Å². The Morgan fingerprint density at radius 3 is 1.60 bits per heavy atom. The molecule has 5 heteroatoms. The third kappa shape index (κ3) is 17.2. The fraction of sp³-hybridized carbons (Fsp3) is 0.784. The van der Waals surface area contributed by atoms with Crippen LogP contribution in [0.4, 0.5) is 0 Å². The molecule has 1 aliphatic carbocycles. The molecule has 240 valence electrons. The highest BCUT2D eigenvalue weighted by atomic mass is 16.5. The number of phenols is 1. The summed E-state index contributed by atoms with van der Waals surface area (Å²) < 4.78 is 5.38. The van der Waals surface area contributed by atoms with Gasteiger partial charge in [0, 0.05) is 12.8 Å². The predicted octanol–water partition coefficient (Wildman–Crippen LogP) is 11.2. The normalized spacial score (nSPS) is 14.6. The highest BCUT2D eigenvalue weighted by Crippen LogP contribution is 2.44. The highest BCUT2D eigenvalue weighted by molar-refractivity contribution is 5.72. The van der Waals surface area contributed by atoms with Crippen LogP contribution in [-0.2, 0) is 9.59 Å². The van der Waals surface area contributed by atoms with E-state index in [9.17, 15) is 14.7 Å². The average Bonchev–Trinajstić information content (AvgIpc) is 2.97. The molecule has 42 heavy (non-hydrogen) atoms. The van der Waals surface area contributed by atoms with Gasteiger partial charge in [0.2, 0.25) is 0 Å². The van der Waals surface area contributed by atoms with Gasteiger partial charge in [0.15, 0.2) is 0 Å². The van der Waals surface area contributed by atoms with E-state index < -0.39 is 5.97 Å². The summed E-state index contributed by atoms with van der Waals surface area (Å²) in [6.45, 7) is 1.80. The lowest BCUT2D eigenvalue weighted by molar-refractivity contribution is -0.137. The number of rotatable bonds is 25. The first-order valence-electron chi connectivity index (χ1n) is 17.6. The molecule has 1 aromatic carbocycles. The van der Waals surface area contributed by atoms with Crippen LogP contribution in [0.3, 0.4) is 0 Å². The van der Waals surface area contributed by atoms with Crippen LogP contribution in [0.2, 0.25) is 0 Å². The number of carbonyl (C=O) groups excluding carboxylic acids is 1. The van der Waals surface area contributed by atoms with Crippen molar-refractivity contribution in [1.82, 2.24) is 0 Å². The van der Waals surface area contributed by atoms with Gasteiger partial charge in [-0.1, -0.05) is 122 Å². The second-order valence-electron chi connectivity index (χ2n) is 13.2. The molecule has 1 saturated carbocycles. The van der Waals surface area contributed by atoms with Gasteiger partial charge in [-0.05, 0) is 74.6 Å². The molecule has 2 rings (SSSR count). The van der Waals surface area contributed by atoms with E-state index in [0.29, 0.717) is 29.6 Å². The molecule has 0 saturated heterocycles. The minimum Gasteiger partial charge on any atom is -0.508 e. The van der Waals surface area contributed by atoms with Crippen molar-refractivity contribution in [1.29, 1.82) is 0 Å². The van der Waals surface area contributed by atoms with Crippen LogP contribution < -0.4 is 4.74 Å². The number of benzene rings is 1. The summed E-state index contributed by atoms with van der Waals surface area (Å²) >= 11 is 0. The zero-order valence-electron chi connectivity index (χ0n) is 26.9. The van der Waals surface area contributed by atoms with Gasteiger partial charge in [-0.2, -0.15) is 0 Å². The van der Waals surface area contributed by atoms with Crippen LogP contribution in [0, 0.1) is 12.3 Å². The van der Waals surface area contributed by atoms with Crippen LogP contribution in [0.25, 0.3) is 0 Å². The Kier molecular flexibility index (Phi) is 19.4. The van der Waals surface area contributed by atoms with Crippen LogP contribution >= 0.6 is 0 Å². The zero-order chi connectivity index (χ0) is 30.3. The Hall–Kier alpha value is -2.04. The maximum absolute atomic E-state index is 12.0. The molecule has 0 bridgehead atoms. The first-order chi connectivity index (χ1) is 20.4. The number of phenolic OH excluding ortho intramolecular Hbond substituents is 1. The van der Waals surface area contributed by atoms with Gasteiger partial charge < -0.3 is 14.9 Å². The zero-order valence-corrected chi connectivity index (χ0v) is 26.9. The van der Waals surface area contributed by atoms with Crippen molar-refractivity contribution in [2.45, 2.75) is 180 Å². The Labute approximate surface area is 257 Å². The van der Waals surface area contributed by atoms with Gasteiger partial charge in [-0.25, -0.2) is 0 Å². The van der Waals surface area contributed by atoms with Crippen LogP contribution in [0.5, 0.6) is 11.5 Å². The number of ether oxygens (including phenoxy) is 1. The van der Waals surface area contributed by atoms with Crippen molar-refractivity contribution in [2.75, 3.05) is 0 Å². The quantitative estimate of drug-likeness (QED) is 0.0676. The lowest BCUT2D eigenvalue weighted by atomic mass is 9.68. The molecule has 2 N–H and O–H groups in total. The van der Waals surface area contributed by atoms with E-state index in [0.717, 1.165) is 25.7 Å². The molecule has 0 amide bonds. The van der Waals surface area contributed by atoms with E-state index >= 15 is 0 Å². The summed E-state index contributed by atoms with van der Waals surface area (Å²) in [6, 6.07) is 4.90. The molecular weight excluding hydrogens is 524 g/mol. The lowest BCUT2D eigenvalue weighted by Crippen LogP contribution is -2.24. The molecular formula is C37H62O5. The van der Waals surface area contributed by atoms with Crippen LogP contribution in [0.1, 0.15) is 179 Å². The third-order valence-corrected chi connectivity index (χ3v) is 9.50. The van der Waals surface area contributed by atoms with E-state index in [1.807, 2.05) is 0 Å². The number of hydrogen-bond donors (Lipinski definition) is 2. The lowest BCUT2D eigenvalue weighted by Gasteiger charge is -2.38. The average molecular weight is 587 g/mol. The van der Waals surface area contributed by atoms with E-state index in [4.69, 9.17) is 9.84 Å². The fourth-order valence-corrected chi connectivity index (χ4v) is 6.82. The smallest absolute Gasteiger partial charge is 0.311 e. The van der Waals surface area contributed by atoms with Crippen molar-refractivity contribution in [3.8, 4) is 11.5 Å². The standard InChI is InChI=1S/C37H62O5/c1-32-31-33(25-26-34(32)38)42-36(41)24-18-13-9-5-3-7-11-15-20-28-37(29-21-16-22-30-37)27-19-14-10-6-2-4-8-12-17-23-35(39)40/h25-26,31,38H,2-24,27-30H2,1H3,(H,39,40). The maximum atomic E-state index is 12.0. The summed E-state index contributed by atoms with van der Waals surface area (Å²) in [7, 11) is 0. The molecule has 0 heterocycles. The first kappa shape index (κ1) is 36.2. The third-order valence-electron chi connectivity index (χ3n) is 9.50. The van der Waals surface area contributed by atoms with Gasteiger partial charge in [-0.3, -0.25) is 9.59 Å². The monoisotopic (exact) mass is 586 g/mol. The Bertz CT molecular complexity index is 858. The van der Waals surface area contributed by atoms with Gasteiger partial charge in [0.05, 0.1) is 0 Å². The van der Waals surface area contributed by atoms with Crippen molar-refractivity contribution in [3.05, 3.63) is 23.8 Å². The number of carboxylic acid groups (broad SMARTS) is 1. The summed E-state index contributed by atoms with van der Waals surface area (Å²) in [5.74, 6) is -0.117. The molecule has 1 aliphatic rings. The molecule has 1 aromatic rings. The van der Waals surface area contributed by atoms with E-state index in [-0.39, 0.29) is 11.7 Å². The number of aromatic hydroxyl groups is 1. The van der Waals surface area contributed by atoms with Crippen molar-refractivity contribution in [2.24, 2.45) is 5.41 Å². The van der Waals surface area contributed by atoms with Crippen LogP contribution in [0.15, 0.2) is 18.2 Å². The van der Waals surface area contributed by atoms with Crippen LogP contribution in [-0.4, -0.2) is 22.2 Å². The van der Waals surface area contributed by atoms with E-state index in [1.54, 1.807) is 25.1 Å². The molecule has 0 atom stereocenters. The van der Waals surface area contributed by atoms with Crippen molar-refractivity contribution >= 4 is 11.9 Å². The molecule has 0 spiro atoms. The number of unbranched alkanes of at least 4 members (excludes halogenated alkanes) is 16. The first-order valence-corrected chi connectivity index (χ1v) is 17.6. The Balaban J connectivity index is 1.42. The molecule has 0 unspecified atom stereocenters. The molecule has 0 radical (unpaired) electrons. The van der Waals surface area contributed by atoms with E-state index in [2.05, 4.69) is 0 Å². The molecule has 1 fully saturated rings. The minimum atomic E-state index is -0.661. The Morgan fingerprint density at radius 1 is 0.667 bits per heavy atom. The summed E-state index contributed by atoms with van der Waals surface area (Å²) in [4.78, 5) is 22.6. The highest BCUT2D eigenvalue weighted by Gasteiger charge is 2.30. The number of carbonyl (C=O) groups is 2.